The van der Waals surface area contributed by atoms with Crippen LogP contribution in [0.1, 0.15) is 5.56 Å². The molecule has 0 radical (unpaired) electrons. The average Bonchev–Trinajstić information content (AvgIpc) is 2.46. The monoisotopic (exact) mass is 257 g/mol. The maximum absolute atomic E-state index is 13.1. The average molecular weight is 257 g/mol. The minimum atomic E-state index is -0.315. The molecule has 0 atom stereocenters. The molecule has 0 saturated carbocycles. The van der Waals surface area contributed by atoms with Crippen LogP contribution in [-0.2, 0) is 0 Å². The first kappa shape index (κ1) is 13.1. The van der Waals surface area contributed by atoms with Gasteiger partial charge >= 0.3 is 0 Å². The van der Waals surface area contributed by atoms with Gasteiger partial charge in [-0.1, -0.05) is 36.9 Å². The van der Waals surface area contributed by atoms with Crippen molar-refractivity contribution in [3.8, 4) is 5.75 Å². The minimum absolute atomic E-state index is 0.315. The van der Waals surface area contributed by atoms with E-state index in [1.807, 2.05) is 30.3 Å². The molecule has 0 unspecified atom stereocenters. The van der Waals surface area contributed by atoms with Crippen molar-refractivity contribution in [3.05, 3.63) is 66.5 Å². The van der Waals surface area contributed by atoms with Crippen LogP contribution in [0.2, 0.25) is 0 Å². The first-order chi connectivity index (χ1) is 9.20. The van der Waals surface area contributed by atoms with Crippen LogP contribution in [0.5, 0.6) is 5.75 Å². The normalized spacial score (nSPS) is 10.0. The van der Waals surface area contributed by atoms with Crippen molar-refractivity contribution < 1.29 is 9.13 Å². The molecule has 0 heterocycles. The maximum atomic E-state index is 13.1. The van der Waals surface area contributed by atoms with E-state index in [2.05, 4.69) is 11.9 Å². The first-order valence-electron chi connectivity index (χ1n) is 6.01. The smallest absolute Gasteiger partial charge is 0.144 e. The molecule has 19 heavy (non-hydrogen) atoms. The van der Waals surface area contributed by atoms with E-state index in [0.29, 0.717) is 12.3 Å². The third-order valence-corrected chi connectivity index (χ3v) is 2.84. The number of hydrogen-bond acceptors (Lipinski definition) is 2. The molecule has 98 valence electrons. The fourth-order valence-corrected chi connectivity index (χ4v) is 1.79. The molecule has 2 rings (SSSR count). The Balaban J connectivity index is 2.05. The fourth-order valence-electron chi connectivity index (χ4n) is 1.79. The summed E-state index contributed by atoms with van der Waals surface area (Å²) in [7, 11) is 1.52. The standard InChI is InChI=1S/C16H16FNO/c1-12(13-6-4-3-5-7-13)11-18-15-9-8-14(17)10-16(15)19-2/h3-10,18H,1,11H2,2H3. The number of methoxy groups -OCH3 is 1. The highest BCUT2D eigenvalue weighted by Gasteiger charge is 2.05. The predicted molar refractivity (Wildman–Crippen MR) is 76.9 cm³/mol. The molecule has 0 aliphatic carbocycles. The second-order valence-electron chi connectivity index (χ2n) is 4.17. The van der Waals surface area contributed by atoms with E-state index < -0.39 is 0 Å². The minimum Gasteiger partial charge on any atom is -0.494 e. The molecule has 2 aromatic carbocycles. The van der Waals surface area contributed by atoms with Crippen molar-refractivity contribution in [1.82, 2.24) is 0 Å². The third kappa shape index (κ3) is 3.35. The molecule has 2 aromatic rings. The summed E-state index contributed by atoms with van der Waals surface area (Å²) in [4.78, 5) is 0. The van der Waals surface area contributed by atoms with Gasteiger partial charge in [0.15, 0.2) is 0 Å². The van der Waals surface area contributed by atoms with Crippen LogP contribution in [0.3, 0.4) is 0 Å². The lowest BCUT2D eigenvalue weighted by molar-refractivity contribution is 0.413. The summed E-state index contributed by atoms with van der Waals surface area (Å²) >= 11 is 0. The molecule has 0 aliphatic rings. The summed E-state index contributed by atoms with van der Waals surface area (Å²) in [5.74, 6) is 0.171. The lowest BCUT2D eigenvalue weighted by Gasteiger charge is -2.12. The SMILES string of the molecule is C=C(CNc1ccc(F)cc1OC)c1ccccc1. The summed E-state index contributed by atoms with van der Waals surface area (Å²) in [6, 6.07) is 14.3. The largest absolute Gasteiger partial charge is 0.494 e. The fraction of sp³-hybridized carbons (Fsp3) is 0.125. The van der Waals surface area contributed by atoms with Gasteiger partial charge < -0.3 is 10.1 Å². The number of anilines is 1. The zero-order valence-corrected chi connectivity index (χ0v) is 10.8. The van der Waals surface area contributed by atoms with Crippen LogP contribution >= 0.6 is 0 Å². The summed E-state index contributed by atoms with van der Waals surface area (Å²) < 4.78 is 18.2. The van der Waals surface area contributed by atoms with Gasteiger partial charge in [0, 0.05) is 12.6 Å². The maximum Gasteiger partial charge on any atom is 0.144 e. The van der Waals surface area contributed by atoms with Gasteiger partial charge in [-0.05, 0) is 23.3 Å². The van der Waals surface area contributed by atoms with Crippen molar-refractivity contribution in [2.24, 2.45) is 0 Å². The zero-order chi connectivity index (χ0) is 13.7. The summed E-state index contributed by atoms with van der Waals surface area (Å²) in [6.45, 7) is 4.61. The van der Waals surface area contributed by atoms with Gasteiger partial charge in [-0.15, -0.1) is 0 Å². The van der Waals surface area contributed by atoms with Crippen LogP contribution in [0.4, 0.5) is 10.1 Å². The lowest BCUT2D eigenvalue weighted by atomic mass is 10.1. The van der Waals surface area contributed by atoms with Gasteiger partial charge in [0.25, 0.3) is 0 Å². The van der Waals surface area contributed by atoms with Crippen molar-refractivity contribution in [3.63, 3.8) is 0 Å². The highest BCUT2D eigenvalue weighted by atomic mass is 19.1. The van der Waals surface area contributed by atoms with Gasteiger partial charge in [-0.3, -0.25) is 0 Å². The van der Waals surface area contributed by atoms with Crippen molar-refractivity contribution in [2.75, 3.05) is 19.0 Å². The number of ether oxygens (including phenoxy) is 1. The lowest BCUT2D eigenvalue weighted by Crippen LogP contribution is -2.05. The third-order valence-electron chi connectivity index (χ3n) is 2.84. The molecule has 0 aromatic heterocycles. The second kappa shape index (κ2) is 6.05. The van der Waals surface area contributed by atoms with E-state index >= 15 is 0 Å². The number of benzene rings is 2. The van der Waals surface area contributed by atoms with Crippen molar-refractivity contribution in [2.45, 2.75) is 0 Å². The van der Waals surface area contributed by atoms with Gasteiger partial charge in [0.2, 0.25) is 0 Å². The Morgan fingerprint density at radius 1 is 1.21 bits per heavy atom. The molecular weight excluding hydrogens is 241 g/mol. The second-order valence-corrected chi connectivity index (χ2v) is 4.17. The molecule has 0 saturated heterocycles. The molecule has 2 nitrogen and oxygen atoms in total. The van der Waals surface area contributed by atoms with E-state index in [1.165, 1.54) is 19.2 Å². The molecule has 0 aliphatic heterocycles. The Kier molecular flexibility index (Phi) is 4.18. The van der Waals surface area contributed by atoms with Crippen molar-refractivity contribution >= 4 is 11.3 Å². The molecule has 0 spiro atoms. The van der Waals surface area contributed by atoms with Crippen molar-refractivity contribution in [1.29, 1.82) is 0 Å². The van der Waals surface area contributed by atoms with Gasteiger partial charge in [0.1, 0.15) is 11.6 Å². The summed E-state index contributed by atoms with van der Waals surface area (Å²) in [5, 5.41) is 3.20. The summed E-state index contributed by atoms with van der Waals surface area (Å²) in [5.41, 5.74) is 2.80. The number of nitrogens with one attached hydrogen (secondary N) is 1. The highest BCUT2D eigenvalue weighted by molar-refractivity contribution is 5.69. The van der Waals surface area contributed by atoms with Crippen LogP contribution in [0.15, 0.2) is 55.1 Å². The van der Waals surface area contributed by atoms with Gasteiger partial charge in [-0.25, -0.2) is 4.39 Å². The molecular formula is C16H16FNO. The highest BCUT2D eigenvalue weighted by Crippen LogP contribution is 2.25. The predicted octanol–water partition coefficient (Wildman–Crippen LogP) is 3.96. The van der Waals surface area contributed by atoms with Crippen LogP contribution in [0.25, 0.3) is 5.57 Å². The number of rotatable bonds is 5. The summed E-state index contributed by atoms with van der Waals surface area (Å²) in [6.07, 6.45) is 0. The molecule has 0 bridgehead atoms. The zero-order valence-electron chi connectivity index (χ0n) is 10.8. The Labute approximate surface area is 112 Å². The number of hydrogen-bond donors (Lipinski definition) is 1. The van der Waals surface area contributed by atoms with Crippen LogP contribution in [-0.4, -0.2) is 13.7 Å². The Hall–Kier alpha value is -2.29. The Morgan fingerprint density at radius 2 is 1.95 bits per heavy atom. The number of halogens is 1. The van der Waals surface area contributed by atoms with E-state index in [-0.39, 0.29) is 5.82 Å². The molecule has 0 fully saturated rings. The molecule has 3 heteroatoms. The van der Waals surface area contributed by atoms with Crippen LogP contribution in [0, 0.1) is 5.82 Å². The Bertz CT molecular complexity index is 566. The van der Waals surface area contributed by atoms with E-state index in [0.717, 1.165) is 16.8 Å². The quantitative estimate of drug-likeness (QED) is 0.875. The first-order valence-corrected chi connectivity index (χ1v) is 6.01. The van der Waals surface area contributed by atoms with Gasteiger partial charge in [0.05, 0.1) is 12.8 Å². The van der Waals surface area contributed by atoms with E-state index in [4.69, 9.17) is 4.74 Å². The van der Waals surface area contributed by atoms with E-state index in [9.17, 15) is 4.39 Å². The van der Waals surface area contributed by atoms with E-state index in [1.54, 1.807) is 6.07 Å². The Morgan fingerprint density at radius 3 is 2.63 bits per heavy atom. The topological polar surface area (TPSA) is 21.3 Å². The molecule has 0 amide bonds. The molecule has 1 N–H and O–H groups in total. The van der Waals surface area contributed by atoms with Gasteiger partial charge in [-0.2, -0.15) is 0 Å². The van der Waals surface area contributed by atoms with Crippen LogP contribution < -0.4 is 10.1 Å².